The van der Waals surface area contributed by atoms with Crippen LogP contribution in [-0.4, -0.2) is 34.1 Å². The molecule has 2 N–H and O–H groups in total. The summed E-state index contributed by atoms with van der Waals surface area (Å²) in [6.07, 6.45) is 1.81. The van der Waals surface area contributed by atoms with Gasteiger partial charge in [-0.15, -0.1) is 10.2 Å². The maximum Gasteiger partial charge on any atom is 0.210 e. The van der Waals surface area contributed by atoms with E-state index < -0.39 is 0 Å². The molecule has 2 heterocycles. The van der Waals surface area contributed by atoms with Gasteiger partial charge in [-0.05, 0) is 26.0 Å². The summed E-state index contributed by atoms with van der Waals surface area (Å²) in [5.74, 6) is 8.94. The monoisotopic (exact) mass is 371 g/mol. The summed E-state index contributed by atoms with van der Waals surface area (Å²) in [6, 6.07) is 7.57. The molecule has 0 aliphatic rings. The second-order valence-electron chi connectivity index (χ2n) is 5.71. The first-order chi connectivity index (χ1) is 12.6. The molecule has 3 rings (SSSR count). The minimum absolute atomic E-state index is 0.552. The van der Waals surface area contributed by atoms with Crippen molar-refractivity contribution < 1.29 is 9.47 Å². The van der Waals surface area contributed by atoms with Crippen molar-refractivity contribution in [2.24, 2.45) is 0 Å². The number of nitrogens with zero attached hydrogens (tertiary/aromatic N) is 4. The van der Waals surface area contributed by atoms with Crippen molar-refractivity contribution in [3.05, 3.63) is 47.3 Å². The Labute approximate surface area is 156 Å². The smallest absolute Gasteiger partial charge is 0.210 e. The van der Waals surface area contributed by atoms with E-state index in [-0.39, 0.29) is 0 Å². The number of nitrogen functional groups attached to an aromatic ring is 1. The lowest BCUT2D eigenvalue weighted by Gasteiger charge is -2.12. The van der Waals surface area contributed by atoms with E-state index in [0.717, 1.165) is 28.1 Å². The summed E-state index contributed by atoms with van der Waals surface area (Å²) < 4.78 is 12.3. The zero-order valence-electron chi connectivity index (χ0n) is 15.2. The Morgan fingerprint density at radius 3 is 2.62 bits per heavy atom. The van der Waals surface area contributed by atoms with E-state index >= 15 is 0 Å². The van der Waals surface area contributed by atoms with Gasteiger partial charge in [0.15, 0.2) is 5.82 Å². The SMILES string of the molecule is COc1ccccc1-c1nnc(SCc2ncc(C)c(OC)c2C)n1N. The van der Waals surface area contributed by atoms with Crippen LogP contribution in [0.25, 0.3) is 11.4 Å². The number of thioether (sulfide) groups is 1. The summed E-state index contributed by atoms with van der Waals surface area (Å²) in [4.78, 5) is 4.50. The number of hydrogen-bond donors (Lipinski definition) is 1. The third-order valence-electron chi connectivity index (χ3n) is 4.10. The summed E-state index contributed by atoms with van der Waals surface area (Å²) >= 11 is 1.47. The number of ether oxygens (including phenoxy) is 2. The van der Waals surface area contributed by atoms with Crippen molar-refractivity contribution in [3.63, 3.8) is 0 Å². The summed E-state index contributed by atoms with van der Waals surface area (Å²) in [6.45, 7) is 3.98. The zero-order valence-corrected chi connectivity index (χ0v) is 16.0. The van der Waals surface area contributed by atoms with Gasteiger partial charge in [-0.3, -0.25) is 4.98 Å². The van der Waals surface area contributed by atoms with Gasteiger partial charge in [0.25, 0.3) is 0 Å². The normalized spacial score (nSPS) is 10.8. The molecule has 26 heavy (non-hydrogen) atoms. The Bertz CT molecular complexity index is 926. The highest BCUT2D eigenvalue weighted by atomic mass is 32.2. The predicted octanol–water partition coefficient (Wildman–Crippen LogP) is 2.98. The molecule has 3 aromatic rings. The third-order valence-corrected chi connectivity index (χ3v) is 5.05. The number of methoxy groups -OCH3 is 2. The lowest BCUT2D eigenvalue weighted by atomic mass is 10.1. The van der Waals surface area contributed by atoms with Crippen LogP contribution in [0.2, 0.25) is 0 Å². The molecule has 0 saturated carbocycles. The van der Waals surface area contributed by atoms with Crippen molar-refractivity contribution in [2.75, 3.05) is 20.1 Å². The van der Waals surface area contributed by atoms with Gasteiger partial charge >= 0.3 is 0 Å². The Balaban J connectivity index is 1.84. The molecule has 8 heteroatoms. The molecule has 0 unspecified atom stereocenters. The van der Waals surface area contributed by atoms with E-state index in [1.165, 1.54) is 16.4 Å². The van der Waals surface area contributed by atoms with Crippen LogP contribution in [0.5, 0.6) is 11.5 Å². The van der Waals surface area contributed by atoms with Crippen LogP contribution >= 0.6 is 11.8 Å². The molecule has 2 aromatic heterocycles. The predicted molar refractivity (Wildman–Crippen MR) is 102 cm³/mol. The molecule has 0 amide bonds. The molecule has 1 aromatic carbocycles. The highest BCUT2D eigenvalue weighted by molar-refractivity contribution is 7.98. The van der Waals surface area contributed by atoms with Gasteiger partial charge in [0, 0.05) is 23.1 Å². The fourth-order valence-corrected chi connectivity index (χ4v) is 3.62. The number of para-hydroxylation sites is 1. The molecule has 0 aliphatic carbocycles. The van der Waals surface area contributed by atoms with Crippen LogP contribution in [0.3, 0.4) is 0 Å². The van der Waals surface area contributed by atoms with Crippen LogP contribution in [-0.2, 0) is 5.75 Å². The number of aromatic nitrogens is 4. The topological polar surface area (TPSA) is 88.1 Å². The van der Waals surface area contributed by atoms with Crippen LogP contribution in [0.4, 0.5) is 0 Å². The average Bonchev–Trinajstić information content (AvgIpc) is 3.02. The highest BCUT2D eigenvalue weighted by Crippen LogP contribution is 2.31. The van der Waals surface area contributed by atoms with Crippen molar-refractivity contribution >= 4 is 11.8 Å². The highest BCUT2D eigenvalue weighted by Gasteiger charge is 2.17. The summed E-state index contributed by atoms with van der Waals surface area (Å²) in [5, 5.41) is 9.03. The summed E-state index contributed by atoms with van der Waals surface area (Å²) in [7, 11) is 3.28. The Kier molecular flexibility index (Phi) is 5.32. The van der Waals surface area contributed by atoms with Crippen molar-refractivity contribution in [1.82, 2.24) is 19.9 Å². The number of pyridine rings is 1. The number of aryl methyl sites for hydroxylation is 1. The lowest BCUT2D eigenvalue weighted by Crippen LogP contribution is -2.12. The van der Waals surface area contributed by atoms with Crippen molar-refractivity contribution in [3.8, 4) is 22.9 Å². The number of hydrogen-bond acceptors (Lipinski definition) is 7. The van der Waals surface area contributed by atoms with Gasteiger partial charge in [0.1, 0.15) is 11.5 Å². The minimum Gasteiger partial charge on any atom is -0.496 e. The van der Waals surface area contributed by atoms with Crippen molar-refractivity contribution in [1.29, 1.82) is 0 Å². The van der Waals surface area contributed by atoms with Gasteiger partial charge in [0.2, 0.25) is 5.16 Å². The molecule has 136 valence electrons. The molecule has 7 nitrogen and oxygen atoms in total. The van der Waals surface area contributed by atoms with E-state index in [2.05, 4.69) is 15.2 Å². The Morgan fingerprint density at radius 2 is 1.88 bits per heavy atom. The van der Waals surface area contributed by atoms with E-state index in [9.17, 15) is 0 Å². The fraction of sp³-hybridized carbons (Fsp3) is 0.278. The molecule has 0 atom stereocenters. The molecular formula is C18H21N5O2S. The first kappa shape index (κ1) is 18.1. The molecule has 0 spiro atoms. The maximum atomic E-state index is 6.21. The first-order valence-electron chi connectivity index (χ1n) is 8.02. The Hall–Kier alpha value is -2.74. The van der Waals surface area contributed by atoms with Gasteiger partial charge in [-0.25, -0.2) is 4.68 Å². The van der Waals surface area contributed by atoms with Gasteiger partial charge in [-0.1, -0.05) is 23.9 Å². The number of nitrogens with two attached hydrogens (primary N) is 1. The molecule has 0 saturated heterocycles. The molecule has 0 fully saturated rings. The molecular weight excluding hydrogens is 350 g/mol. The quantitative estimate of drug-likeness (QED) is 0.526. The Morgan fingerprint density at radius 1 is 1.12 bits per heavy atom. The van der Waals surface area contributed by atoms with Gasteiger partial charge < -0.3 is 15.3 Å². The first-order valence-corrected chi connectivity index (χ1v) is 9.01. The van der Waals surface area contributed by atoms with Gasteiger partial charge in [0.05, 0.1) is 25.5 Å². The lowest BCUT2D eigenvalue weighted by molar-refractivity contribution is 0.407. The van der Waals surface area contributed by atoms with Crippen LogP contribution in [0.15, 0.2) is 35.6 Å². The average molecular weight is 371 g/mol. The van der Waals surface area contributed by atoms with E-state index in [4.69, 9.17) is 15.3 Å². The molecule has 0 aliphatic heterocycles. The van der Waals surface area contributed by atoms with E-state index in [1.807, 2.05) is 44.3 Å². The van der Waals surface area contributed by atoms with Crippen molar-refractivity contribution in [2.45, 2.75) is 24.8 Å². The maximum absolute atomic E-state index is 6.21. The fourth-order valence-electron chi connectivity index (χ4n) is 2.74. The second-order valence-corrected chi connectivity index (χ2v) is 6.65. The van der Waals surface area contributed by atoms with E-state index in [0.29, 0.717) is 22.5 Å². The van der Waals surface area contributed by atoms with E-state index in [1.54, 1.807) is 14.2 Å². The standard InChI is InChI=1S/C18H21N5O2S/c1-11-9-20-14(12(2)16(11)25-4)10-26-18-22-21-17(23(18)19)13-7-5-6-8-15(13)24-3/h5-9H,10,19H2,1-4H3. The molecule has 0 radical (unpaired) electrons. The van der Waals surface area contributed by atoms with Crippen LogP contribution < -0.4 is 15.3 Å². The van der Waals surface area contributed by atoms with Crippen LogP contribution in [0.1, 0.15) is 16.8 Å². The number of rotatable bonds is 6. The largest absolute Gasteiger partial charge is 0.496 e. The zero-order chi connectivity index (χ0) is 18.7. The number of benzene rings is 1. The van der Waals surface area contributed by atoms with Crippen LogP contribution in [0, 0.1) is 13.8 Å². The summed E-state index contributed by atoms with van der Waals surface area (Å²) in [5.41, 5.74) is 3.76. The minimum atomic E-state index is 0.552. The van der Waals surface area contributed by atoms with Gasteiger partial charge in [-0.2, -0.15) is 0 Å². The molecule has 0 bridgehead atoms. The second kappa shape index (κ2) is 7.65. The third kappa shape index (κ3) is 3.32.